The largest absolute Gasteiger partial charge is 0.495 e. The molecule has 22 heavy (non-hydrogen) atoms. The highest BCUT2D eigenvalue weighted by molar-refractivity contribution is 6.35. The van der Waals surface area contributed by atoms with Gasteiger partial charge in [-0.1, -0.05) is 23.2 Å². The van der Waals surface area contributed by atoms with Crippen LogP contribution < -0.4 is 10.1 Å². The number of ether oxygens (including phenoxy) is 1. The summed E-state index contributed by atoms with van der Waals surface area (Å²) >= 11 is 12.1. The average Bonchev–Trinajstić information content (AvgIpc) is 2.91. The maximum atomic E-state index is 6.09. The molecule has 0 aliphatic carbocycles. The molecule has 8 heteroatoms. The lowest BCUT2D eigenvalue weighted by molar-refractivity contribution is 0.407. The van der Waals surface area contributed by atoms with Crippen molar-refractivity contribution in [1.82, 2.24) is 14.9 Å². The quantitative estimate of drug-likeness (QED) is 0.724. The molecule has 0 atom stereocenters. The Kier molecular flexibility index (Phi) is 10.6. The molecule has 0 aliphatic heterocycles. The molecule has 0 saturated heterocycles. The molecule has 1 aromatic heterocycles. The van der Waals surface area contributed by atoms with E-state index in [-0.39, 0.29) is 24.8 Å². The van der Waals surface area contributed by atoms with Crippen LogP contribution in [0.25, 0.3) is 0 Å². The van der Waals surface area contributed by atoms with Crippen LogP contribution in [-0.2, 0) is 13.1 Å². The fourth-order valence-electron chi connectivity index (χ4n) is 2.00. The van der Waals surface area contributed by atoms with Crippen LogP contribution in [0, 0.1) is 0 Å². The minimum absolute atomic E-state index is 0. The van der Waals surface area contributed by atoms with Gasteiger partial charge in [-0.25, -0.2) is 4.98 Å². The standard InChI is InChI=1S/C14H17Cl2N3O.2ClH/c1-20-14-11(7-12(15)8-13(14)16)9-17-3-2-5-19-6-4-18-10-19;;/h4,6-8,10,17H,2-3,5,9H2,1H3;2*1H. The molecule has 124 valence electrons. The number of aromatic nitrogens is 2. The predicted octanol–water partition coefficient (Wildman–Crippen LogP) is 4.22. The number of aryl methyl sites for hydroxylation is 1. The molecule has 1 heterocycles. The number of imidazole rings is 1. The molecule has 0 fully saturated rings. The van der Waals surface area contributed by atoms with Crippen LogP contribution in [0.3, 0.4) is 0 Å². The lowest BCUT2D eigenvalue weighted by atomic mass is 10.2. The van der Waals surface area contributed by atoms with E-state index in [2.05, 4.69) is 14.9 Å². The molecule has 0 amide bonds. The van der Waals surface area contributed by atoms with Crippen molar-refractivity contribution < 1.29 is 4.74 Å². The number of methoxy groups -OCH3 is 1. The highest BCUT2D eigenvalue weighted by Crippen LogP contribution is 2.31. The van der Waals surface area contributed by atoms with Gasteiger partial charge in [0.1, 0.15) is 5.75 Å². The zero-order valence-corrected chi connectivity index (χ0v) is 15.2. The number of hydrogen-bond donors (Lipinski definition) is 1. The fraction of sp³-hybridized carbons (Fsp3) is 0.357. The van der Waals surface area contributed by atoms with Gasteiger partial charge in [0.05, 0.1) is 18.5 Å². The predicted molar refractivity (Wildman–Crippen MR) is 96.1 cm³/mol. The van der Waals surface area contributed by atoms with Gasteiger partial charge in [0.25, 0.3) is 0 Å². The number of nitrogens with one attached hydrogen (secondary N) is 1. The third kappa shape index (κ3) is 6.23. The highest BCUT2D eigenvalue weighted by atomic mass is 35.5. The van der Waals surface area contributed by atoms with E-state index >= 15 is 0 Å². The van der Waals surface area contributed by atoms with Crippen LogP contribution in [0.4, 0.5) is 0 Å². The first kappa shape index (κ1) is 21.4. The summed E-state index contributed by atoms with van der Waals surface area (Å²) in [5, 5.41) is 4.52. The van der Waals surface area contributed by atoms with Crippen LogP contribution in [0.1, 0.15) is 12.0 Å². The van der Waals surface area contributed by atoms with E-state index < -0.39 is 0 Å². The summed E-state index contributed by atoms with van der Waals surface area (Å²) in [5.74, 6) is 0.679. The van der Waals surface area contributed by atoms with Crippen LogP contribution >= 0.6 is 48.0 Å². The second kappa shape index (κ2) is 11.0. The van der Waals surface area contributed by atoms with Crippen molar-refractivity contribution in [3.05, 3.63) is 46.5 Å². The first-order valence-electron chi connectivity index (χ1n) is 6.39. The smallest absolute Gasteiger partial charge is 0.142 e. The van der Waals surface area contributed by atoms with Gasteiger partial charge in [-0.2, -0.15) is 0 Å². The lowest BCUT2D eigenvalue weighted by Gasteiger charge is -2.12. The summed E-state index contributed by atoms with van der Waals surface area (Å²) in [6, 6.07) is 3.56. The maximum Gasteiger partial charge on any atom is 0.142 e. The Balaban J connectivity index is 0.00000220. The van der Waals surface area contributed by atoms with E-state index in [9.17, 15) is 0 Å². The topological polar surface area (TPSA) is 39.1 Å². The first-order chi connectivity index (χ1) is 9.70. The molecule has 2 rings (SSSR count). The van der Waals surface area contributed by atoms with E-state index in [1.807, 2.05) is 18.6 Å². The van der Waals surface area contributed by atoms with E-state index in [4.69, 9.17) is 27.9 Å². The van der Waals surface area contributed by atoms with Gasteiger partial charge in [-0.15, -0.1) is 24.8 Å². The normalized spacial score (nSPS) is 9.77. The molecule has 2 aromatic rings. The average molecular weight is 387 g/mol. The van der Waals surface area contributed by atoms with Crippen molar-refractivity contribution in [3.63, 3.8) is 0 Å². The zero-order chi connectivity index (χ0) is 14.4. The number of hydrogen-bond acceptors (Lipinski definition) is 3. The maximum absolute atomic E-state index is 6.09. The van der Waals surface area contributed by atoms with Crippen LogP contribution in [0.5, 0.6) is 5.75 Å². The zero-order valence-electron chi connectivity index (χ0n) is 12.1. The lowest BCUT2D eigenvalue weighted by Crippen LogP contribution is -2.17. The third-order valence-electron chi connectivity index (χ3n) is 2.93. The van der Waals surface area contributed by atoms with Gasteiger partial charge in [-0.3, -0.25) is 0 Å². The summed E-state index contributed by atoms with van der Waals surface area (Å²) in [6.07, 6.45) is 6.58. The fourth-order valence-corrected chi connectivity index (χ4v) is 2.61. The van der Waals surface area contributed by atoms with Gasteiger partial charge >= 0.3 is 0 Å². The van der Waals surface area contributed by atoms with E-state index in [0.717, 1.165) is 25.1 Å². The molecule has 0 bridgehead atoms. The van der Waals surface area contributed by atoms with Gasteiger partial charge in [0.15, 0.2) is 0 Å². The second-order valence-corrected chi connectivity index (χ2v) is 5.25. The summed E-state index contributed by atoms with van der Waals surface area (Å²) in [5.41, 5.74) is 0.965. The minimum atomic E-state index is 0. The Bertz CT molecular complexity index is 549. The Morgan fingerprint density at radius 1 is 1.27 bits per heavy atom. The number of rotatable bonds is 7. The Morgan fingerprint density at radius 3 is 2.68 bits per heavy atom. The van der Waals surface area contributed by atoms with Crippen LogP contribution in [0.2, 0.25) is 10.0 Å². The SMILES string of the molecule is COc1c(Cl)cc(Cl)cc1CNCCCn1ccnc1.Cl.Cl. The van der Waals surface area contributed by atoms with Crippen LogP contribution in [0.15, 0.2) is 30.9 Å². The van der Waals surface area contributed by atoms with Crippen molar-refractivity contribution in [2.45, 2.75) is 19.5 Å². The molecule has 0 radical (unpaired) electrons. The molecular weight excluding hydrogens is 368 g/mol. The molecule has 1 aromatic carbocycles. The summed E-state index contributed by atoms with van der Waals surface area (Å²) in [6.45, 7) is 2.51. The minimum Gasteiger partial charge on any atom is -0.495 e. The summed E-state index contributed by atoms with van der Waals surface area (Å²) in [7, 11) is 1.61. The van der Waals surface area contributed by atoms with Crippen molar-refractivity contribution in [1.29, 1.82) is 0 Å². The van der Waals surface area contributed by atoms with Crippen molar-refractivity contribution in [2.75, 3.05) is 13.7 Å². The molecule has 1 N–H and O–H groups in total. The molecule has 0 spiro atoms. The summed E-state index contributed by atoms with van der Waals surface area (Å²) in [4.78, 5) is 4.01. The Hall–Kier alpha value is -0.650. The number of benzene rings is 1. The van der Waals surface area contributed by atoms with Gasteiger partial charge in [0, 0.05) is 36.1 Å². The number of nitrogens with zero attached hydrogens (tertiary/aromatic N) is 2. The molecule has 4 nitrogen and oxygen atoms in total. The molecule has 0 unspecified atom stereocenters. The first-order valence-corrected chi connectivity index (χ1v) is 7.14. The molecular formula is C14H19Cl4N3O. The third-order valence-corrected chi connectivity index (χ3v) is 3.43. The van der Waals surface area contributed by atoms with Gasteiger partial charge < -0.3 is 14.6 Å². The van der Waals surface area contributed by atoms with Crippen molar-refractivity contribution >= 4 is 48.0 Å². The number of halogens is 4. The van der Waals surface area contributed by atoms with Gasteiger partial charge in [-0.05, 0) is 25.1 Å². The van der Waals surface area contributed by atoms with E-state index in [0.29, 0.717) is 22.3 Å². The summed E-state index contributed by atoms with van der Waals surface area (Å²) < 4.78 is 7.36. The Labute approximate surface area is 153 Å². The Morgan fingerprint density at radius 2 is 2.05 bits per heavy atom. The second-order valence-electron chi connectivity index (χ2n) is 4.41. The molecule has 0 aliphatic rings. The molecule has 0 saturated carbocycles. The van der Waals surface area contributed by atoms with Crippen molar-refractivity contribution in [3.8, 4) is 5.75 Å². The van der Waals surface area contributed by atoms with Crippen LogP contribution in [-0.4, -0.2) is 23.2 Å². The van der Waals surface area contributed by atoms with Crippen molar-refractivity contribution in [2.24, 2.45) is 0 Å². The van der Waals surface area contributed by atoms with E-state index in [1.54, 1.807) is 19.4 Å². The highest BCUT2D eigenvalue weighted by Gasteiger charge is 2.09. The van der Waals surface area contributed by atoms with E-state index in [1.165, 1.54) is 0 Å². The monoisotopic (exact) mass is 385 g/mol. The van der Waals surface area contributed by atoms with Gasteiger partial charge in [0.2, 0.25) is 0 Å².